The summed E-state index contributed by atoms with van der Waals surface area (Å²) in [5.74, 6) is 1.12. The molecular weight excluding hydrogens is 392 g/mol. The first kappa shape index (κ1) is 20.2. The molecule has 2 heterocycles. The number of pyridine rings is 1. The van der Waals surface area contributed by atoms with Crippen molar-refractivity contribution in [1.82, 2.24) is 30.5 Å². The summed E-state index contributed by atoms with van der Waals surface area (Å²) in [6, 6.07) is 17.4. The van der Waals surface area contributed by atoms with Gasteiger partial charge >= 0.3 is 6.09 Å². The number of tetrazole rings is 1. The lowest BCUT2D eigenvalue weighted by molar-refractivity contribution is 0.200. The number of hydrogen-bond donors (Lipinski definition) is 1. The van der Waals surface area contributed by atoms with Crippen LogP contribution in [0.2, 0.25) is 0 Å². The third-order valence-corrected chi connectivity index (χ3v) is 4.77. The molecule has 1 N–H and O–H groups in total. The number of aryl methyl sites for hydroxylation is 2. The van der Waals surface area contributed by atoms with E-state index in [4.69, 9.17) is 4.74 Å². The van der Waals surface area contributed by atoms with Gasteiger partial charge in [-0.15, -0.1) is 5.10 Å². The average Bonchev–Trinajstić information content (AvgIpc) is 3.28. The van der Waals surface area contributed by atoms with Crippen LogP contribution in [-0.4, -0.2) is 31.3 Å². The molecule has 0 aliphatic heterocycles. The van der Waals surface area contributed by atoms with Gasteiger partial charge in [-0.2, -0.15) is 4.68 Å². The molecule has 0 aliphatic rings. The maximum absolute atomic E-state index is 12.4. The van der Waals surface area contributed by atoms with E-state index >= 15 is 0 Å². The Labute approximate surface area is 179 Å². The number of rotatable bonds is 6. The highest BCUT2D eigenvalue weighted by Gasteiger charge is 2.13. The maximum atomic E-state index is 12.4. The molecule has 8 heteroatoms. The van der Waals surface area contributed by atoms with Crippen molar-refractivity contribution in [3.8, 4) is 22.6 Å². The van der Waals surface area contributed by atoms with E-state index in [9.17, 15) is 4.79 Å². The molecule has 4 rings (SSSR count). The number of nitrogens with one attached hydrogen (secondary N) is 1. The van der Waals surface area contributed by atoms with Crippen molar-refractivity contribution >= 4 is 6.09 Å². The molecule has 0 saturated heterocycles. The molecule has 2 aromatic carbocycles. The summed E-state index contributed by atoms with van der Waals surface area (Å²) in [5, 5.41) is 14.7. The summed E-state index contributed by atoms with van der Waals surface area (Å²) < 4.78 is 7.24. The minimum atomic E-state index is -0.545. The van der Waals surface area contributed by atoms with Crippen molar-refractivity contribution < 1.29 is 9.53 Å². The zero-order valence-electron chi connectivity index (χ0n) is 17.3. The largest absolute Gasteiger partial charge is 0.412 e. The molecule has 156 valence electrons. The monoisotopic (exact) mass is 414 g/mol. The lowest BCUT2D eigenvalue weighted by atomic mass is 10.0. The molecule has 4 aromatic rings. The minimum absolute atomic E-state index is 0.346. The van der Waals surface area contributed by atoms with Crippen LogP contribution in [0.1, 0.15) is 23.9 Å². The minimum Gasteiger partial charge on any atom is -0.410 e. The van der Waals surface area contributed by atoms with Gasteiger partial charge in [-0.25, -0.2) is 4.79 Å². The predicted molar refractivity (Wildman–Crippen MR) is 116 cm³/mol. The Morgan fingerprint density at radius 3 is 2.55 bits per heavy atom. The smallest absolute Gasteiger partial charge is 0.410 e. The van der Waals surface area contributed by atoms with Crippen LogP contribution in [0.25, 0.3) is 16.8 Å². The summed E-state index contributed by atoms with van der Waals surface area (Å²) in [6.45, 7) is 4.37. The van der Waals surface area contributed by atoms with E-state index in [1.807, 2.05) is 62.4 Å². The first-order valence-corrected chi connectivity index (χ1v) is 9.96. The van der Waals surface area contributed by atoms with Crippen molar-refractivity contribution in [1.29, 1.82) is 0 Å². The molecule has 0 unspecified atom stereocenters. The van der Waals surface area contributed by atoms with Gasteiger partial charge in [0.25, 0.3) is 0 Å². The van der Waals surface area contributed by atoms with Gasteiger partial charge in [0.2, 0.25) is 0 Å². The molecule has 31 heavy (non-hydrogen) atoms. The highest BCUT2D eigenvalue weighted by atomic mass is 16.6. The molecule has 1 amide bonds. The van der Waals surface area contributed by atoms with E-state index in [0.717, 1.165) is 22.4 Å². The molecule has 0 bridgehead atoms. The van der Waals surface area contributed by atoms with E-state index in [2.05, 4.69) is 25.8 Å². The summed E-state index contributed by atoms with van der Waals surface area (Å²) >= 11 is 0. The second-order valence-corrected chi connectivity index (χ2v) is 7.04. The van der Waals surface area contributed by atoms with Crippen molar-refractivity contribution in [2.75, 3.05) is 0 Å². The molecule has 0 spiro atoms. The Bertz CT molecular complexity index is 1170. The molecule has 0 atom stereocenters. The van der Waals surface area contributed by atoms with Crippen LogP contribution in [0.4, 0.5) is 4.79 Å². The first-order valence-electron chi connectivity index (χ1n) is 9.96. The first-order chi connectivity index (χ1) is 15.1. The van der Waals surface area contributed by atoms with Gasteiger partial charge in [0.15, 0.2) is 5.82 Å². The zero-order chi connectivity index (χ0) is 21.6. The van der Waals surface area contributed by atoms with E-state index in [0.29, 0.717) is 24.5 Å². The topological polar surface area (TPSA) is 94.8 Å². The quantitative estimate of drug-likeness (QED) is 0.514. The van der Waals surface area contributed by atoms with Gasteiger partial charge in [-0.1, -0.05) is 36.8 Å². The molecule has 8 nitrogen and oxygen atoms in total. The van der Waals surface area contributed by atoms with Gasteiger partial charge < -0.3 is 10.1 Å². The van der Waals surface area contributed by atoms with Crippen LogP contribution in [-0.2, 0) is 13.0 Å². The van der Waals surface area contributed by atoms with Crippen molar-refractivity contribution in [3.63, 3.8) is 0 Å². The van der Waals surface area contributed by atoms with Gasteiger partial charge in [0, 0.05) is 31.4 Å². The lowest BCUT2D eigenvalue weighted by Crippen LogP contribution is -2.26. The molecule has 0 radical (unpaired) electrons. The SMILES string of the molecule is CCc1nnnn1-c1cc(OC(=O)NCc2ccncc2)cc(-c2ccc(C)cc2)c1. The Hall–Kier alpha value is -4.07. The Morgan fingerprint density at radius 1 is 1.03 bits per heavy atom. The van der Waals surface area contributed by atoms with Crippen LogP contribution < -0.4 is 10.1 Å². The fourth-order valence-corrected chi connectivity index (χ4v) is 3.12. The van der Waals surface area contributed by atoms with Crippen LogP contribution in [0.5, 0.6) is 5.75 Å². The maximum Gasteiger partial charge on any atom is 0.412 e. The fourth-order valence-electron chi connectivity index (χ4n) is 3.12. The highest BCUT2D eigenvalue weighted by molar-refractivity contribution is 5.73. The second kappa shape index (κ2) is 9.17. The Balaban J connectivity index is 1.62. The number of benzene rings is 2. The van der Waals surface area contributed by atoms with E-state index < -0.39 is 6.09 Å². The molecule has 0 aliphatic carbocycles. The normalized spacial score (nSPS) is 10.6. The average molecular weight is 414 g/mol. The van der Waals surface area contributed by atoms with Gasteiger partial charge in [-0.05, 0) is 58.3 Å². The van der Waals surface area contributed by atoms with Crippen LogP contribution >= 0.6 is 0 Å². The third kappa shape index (κ3) is 4.92. The molecule has 0 saturated carbocycles. The highest BCUT2D eigenvalue weighted by Crippen LogP contribution is 2.28. The summed E-state index contributed by atoms with van der Waals surface area (Å²) in [4.78, 5) is 16.4. The zero-order valence-corrected chi connectivity index (χ0v) is 17.3. The third-order valence-electron chi connectivity index (χ3n) is 4.77. The number of hydrogen-bond acceptors (Lipinski definition) is 6. The van der Waals surface area contributed by atoms with E-state index in [-0.39, 0.29) is 0 Å². The van der Waals surface area contributed by atoms with Crippen molar-refractivity contribution in [3.05, 3.63) is 83.9 Å². The van der Waals surface area contributed by atoms with Gasteiger partial charge in [0.05, 0.1) is 5.69 Å². The Morgan fingerprint density at radius 2 is 1.81 bits per heavy atom. The van der Waals surface area contributed by atoms with E-state index in [1.165, 1.54) is 5.56 Å². The number of carbonyl (C=O) groups is 1. The van der Waals surface area contributed by atoms with Crippen LogP contribution in [0, 0.1) is 6.92 Å². The Kier molecular flexibility index (Phi) is 5.98. The number of ether oxygens (including phenoxy) is 1. The van der Waals surface area contributed by atoms with Crippen molar-refractivity contribution in [2.24, 2.45) is 0 Å². The van der Waals surface area contributed by atoms with Crippen LogP contribution in [0.3, 0.4) is 0 Å². The lowest BCUT2D eigenvalue weighted by Gasteiger charge is -2.12. The van der Waals surface area contributed by atoms with Gasteiger partial charge in [0.1, 0.15) is 5.75 Å². The second-order valence-electron chi connectivity index (χ2n) is 7.04. The molecule has 2 aromatic heterocycles. The number of nitrogens with zero attached hydrogens (tertiary/aromatic N) is 5. The summed E-state index contributed by atoms with van der Waals surface area (Å²) in [7, 11) is 0. The van der Waals surface area contributed by atoms with Gasteiger partial charge in [-0.3, -0.25) is 4.98 Å². The van der Waals surface area contributed by atoms with Crippen molar-refractivity contribution in [2.45, 2.75) is 26.8 Å². The predicted octanol–water partition coefficient (Wildman–Crippen LogP) is 3.88. The standard InChI is InChI=1S/C23H22N6O2/c1-3-22-26-27-28-29(22)20-12-19(18-6-4-16(2)5-7-18)13-21(14-20)31-23(30)25-15-17-8-10-24-11-9-17/h4-14H,3,15H2,1-2H3,(H,25,30). The molecular formula is C23H22N6O2. The number of aromatic nitrogens is 5. The number of amides is 1. The van der Waals surface area contributed by atoms with Crippen LogP contribution in [0.15, 0.2) is 67.0 Å². The molecule has 0 fully saturated rings. The fraction of sp³-hybridized carbons (Fsp3) is 0.174. The summed E-state index contributed by atoms with van der Waals surface area (Å²) in [6.07, 6.45) is 3.48. The van der Waals surface area contributed by atoms with E-state index in [1.54, 1.807) is 23.1 Å². The number of carbonyl (C=O) groups excluding carboxylic acids is 1. The summed E-state index contributed by atoms with van der Waals surface area (Å²) in [5.41, 5.74) is 4.72.